The van der Waals surface area contributed by atoms with E-state index in [2.05, 4.69) is 10.6 Å². The van der Waals surface area contributed by atoms with Crippen LogP contribution in [0.2, 0.25) is 5.02 Å². The number of carbonyl (C=O) groups excluding carboxylic acids is 2. The van der Waals surface area contributed by atoms with Crippen molar-refractivity contribution in [3.05, 3.63) is 94.2 Å². The lowest BCUT2D eigenvalue weighted by Crippen LogP contribution is -2.25. The van der Waals surface area contributed by atoms with Crippen LogP contribution in [0.5, 0.6) is 11.5 Å². The van der Waals surface area contributed by atoms with Crippen molar-refractivity contribution in [3.8, 4) is 11.5 Å². The number of methoxy groups -OCH3 is 1. The highest BCUT2D eigenvalue weighted by atomic mass is 35.5. The molecular formula is C24H19ClN2O4. The number of hydrogen-bond acceptors (Lipinski definition) is 4. The molecule has 4 rings (SSSR count). The molecule has 0 atom stereocenters. The molecule has 31 heavy (non-hydrogen) atoms. The first-order valence-electron chi connectivity index (χ1n) is 9.53. The number of ether oxygens (including phenoxy) is 2. The highest BCUT2D eigenvalue weighted by Crippen LogP contribution is 2.32. The van der Waals surface area contributed by atoms with Crippen LogP contribution in [0.4, 0.5) is 5.69 Å². The van der Waals surface area contributed by atoms with Crippen LogP contribution in [0.25, 0.3) is 6.08 Å². The SMILES string of the molecule is COc1cccc(CNC(=O)c2ccc3c(c2)NC(=O)C(=Cc2cccc(Cl)c2)O3)c1. The van der Waals surface area contributed by atoms with Gasteiger partial charge in [-0.1, -0.05) is 35.9 Å². The van der Waals surface area contributed by atoms with Gasteiger partial charge in [0.1, 0.15) is 5.75 Å². The van der Waals surface area contributed by atoms with Crippen LogP contribution < -0.4 is 20.1 Å². The molecule has 0 saturated heterocycles. The molecule has 2 N–H and O–H groups in total. The van der Waals surface area contributed by atoms with E-state index >= 15 is 0 Å². The lowest BCUT2D eigenvalue weighted by molar-refractivity contribution is -0.115. The van der Waals surface area contributed by atoms with Gasteiger partial charge in [-0.2, -0.15) is 0 Å². The standard InChI is InChI=1S/C24H19ClN2O4/c1-30-19-7-3-5-16(11-19)14-26-23(28)17-8-9-21-20(13-17)27-24(29)22(31-21)12-15-4-2-6-18(25)10-15/h2-13H,14H2,1H3,(H,26,28)(H,27,29). The Hall–Kier alpha value is -3.77. The number of hydrogen-bond donors (Lipinski definition) is 2. The minimum atomic E-state index is -0.401. The van der Waals surface area contributed by atoms with Gasteiger partial charge in [0.05, 0.1) is 12.8 Å². The van der Waals surface area contributed by atoms with Gasteiger partial charge in [-0.25, -0.2) is 0 Å². The predicted molar refractivity (Wildman–Crippen MR) is 119 cm³/mol. The van der Waals surface area contributed by atoms with Gasteiger partial charge >= 0.3 is 0 Å². The lowest BCUT2D eigenvalue weighted by atomic mass is 10.1. The molecule has 0 aliphatic carbocycles. The van der Waals surface area contributed by atoms with Gasteiger partial charge in [0.25, 0.3) is 11.8 Å². The Bertz CT molecular complexity index is 1190. The Labute approximate surface area is 184 Å². The Balaban J connectivity index is 1.47. The van der Waals surface area contributed by atoms with E-state index in [0.29, 0.717) is 28.6 Å². The Morgan fingerprint density at radius 3 is 2.77 bits per heavy atom. The first-order chi connectivity index (χ1) is 15.0. The number of carbonyl (C=O) groups is 2. The Morgan fingerprint density at radius 2 is 1.97 bits per heavy atom. The molecule has 156 valence electrons. The molecule has 6 nitrogen and oxygen atoms in total. The fourth-order valence-corrected chi connectivity index (χ4v) is 3.31. The third-order valence-corrected chi connectivity index (χ3v) is 4.90. The number of halogens is 1. The van der Waals surface area contributed by atoms with Crippen LogP contribution in [0.3, 0.4) is 0 Å². The Morgan fingerprint density at radius 1 is 1.13 bits per heavy atom. The summed E-state index contributed by atoms with van der Waals surface area (Å²) >= 11 is 5.99. The van der Waals surface area contributed by atoms with Crippen molar-refractivity contribution in [3.63, 3.8) is 0 Å². The third-order valence-electron chi connectivity index (χ3n) is 4.67. The number of rotatable bonds is 5. The van der Waals surface area contributed by atoms with Gasteiger partial charge in [0, 0.05) is 17.1 Å². The van der Waals surface area contributed by atoms with E-state index in [-0.39, 0.29) is 11.7 Å². The van der Waals surface area contributed by atoms with Crippen LogP contribution in [0.1, 0.15) is 21.5 Å². The van der Waals surface area contributed by atoms with E-state index in [9.17, 15) is 9.59 Å². The second-order valence-corrected chi connectivity index (χ2v) is 7.30. The lowest BCUT2D eigenvalue weighted by Gasteiger charge is -2.20. The van der Waals surface area contributed by atoms with Crippen molar-refractivity contribution in [1.29, 1.82) is 0 Å². The Kier molecular flexibility index (Phi) is 5.91. The molecule has 0 unspecified atom stereocenters. The molecule has 1 aliphatic rings. The van der Waals surface area contributed by atoms with Crippen molar-refractivity contribution in [2.75, 3.05) is 12.4 Å². The summed E-state index contributed by atoms with van der Waals surface area (Å²) in [4.78, 5) is 25.0. The van der Waals surface area contributed by atoms with Gasteiger partial charge < -0.3 is 20.1 Å². The zero-order valence-corrected chi connectivity index (χ0v) is 17.4. The molecule has 3 aromatic rings. The van der Waals surface area contributed by atoms with Crippen molar-refractivity contribution in [1.82, 2.24) is 5.32 Å². The maximum absolute atomic E-state index is 12.6. The summed E-state index contributed by atoms with van der Waals surface area (Å²) in [6.45, 7) is 0.350. The summed E-state index contributed by atoms with van der Waals surface area (Å²) in [6.07, 6.45) is 1.61. The van der Waals surface area contributed by atoms with Crippen molar-refractivity contribution in [2.45, 2.75) is 6.54 Å². The normalized spacial score (nSPS) is 13.7. The van der Waals surface area contributed by atoms with Crippen LogP contribution >= 0.6 is 11.6 Å². The van der Waals surface area contributed by atoms with E-state index in [1.165, 1.54) is 0 Å². The second-order valence-electron chi connectivity index (χ2n) is 6.86. The summed E-state index contributed by atoms with van der Waals surface area (Å²) in [6, 6.07) is 19.4. The average Bonchev–Trinajstić information content (AvgIpc) is 2.78. The van der Waals surface area contributed by atoms with Crippen LogP contribution in [-0.2, 0) is 11.3 Å². The van der Waals surface area contributed by atoms with E-state index in [4.69, 9.17) is 21.1 Å². The summed E-state index contributed by atoms with van der Waals surface area (Å²) in [5, 5.41) is 6.19. The summed E-state index contributed by atoms with van der Waals surface area (Å²) in [5.41, 5.74) is 2.50. The molecule has 1 aliphatic heterocycles. The molecule has 3 aromatic carbocycles. The van der Waals surface area contributed by atoms with E-state index in [0.717, 1.165) is 16.9 Å². The molecule has 1 heterocycles. The molecule has 2 amide bonds. The molecule has 0 fully saturated rings. The maximum Gasteiger partial charge on any atom is 0.291 e. The fourth-order valence-electron chi connectivity index (χ4n) is 3.12. The molecular weight excluding hydrogens is 416 g/mol. The number of anilines is 1. The first-order valence-corrected chi connectivity index (χ1v) is 9.91. The number of nitrogens with one attached hydrogen (secondary N) is 2. The van der Waals surface area contributed by atoms with E-state index < -0.39 is 5.91 Å². The highest BCUT2D eigenvalue weighted by Gasteiger charge is 2.23. The minimum absolute atomic E-state index is 0.144. The number of amides is 2. The predicted octanol–water partition coefficient (Wildman–Crippen LogP) is 4.65. The van der Waals surface area contributed by atoms with Crippen LogP contribution in [0, 0.1) is 0 Å². The van der Waals surface area contributed by atoms with Gasteiger partial charge in [-0.15, -0.1) is 0 Å². The van der Waals surface area contributed by atoms with Gasteiger partial charge in [0.15, 0.2) is 11.5 Å². The van der Waals surface area contributed by atoms with Crippen molar-refractivity contribution >= 4 is 35.2 Å². The summed E-state index contributed by atoms with van der Waals surface area (Å²) in [7, 11) is 1.59. The first kappa shape index (κ1) is 20.5. The average molecular weight is 435 g/mol. The van der Waals surface area contributed by atoms with E-state index in [1.54, 1.807) is 49.6 Å². The largest absolute Gasteiger partial charge is 0.497 e. The fraction of sp³-hybridized carbons (Fsp3) is 0.0833. The molecule has 0 aromatic heterocycles. The zero-order chi connectivity index (χ0) is 21.8. The van der Waals surface area contributed by atoms with Gasteiger partial charge in [0.2, 0.25) is 0 Å². The summed E-state index contributed by atoms with van der Waals surface area (Å²) in [5.74, 6) is 0.658. The highest BCUT2D eigenvalue weighted by molar-refractivity contribution is 6.30. The summed E-state index contributed by atoms with van der Waals surface area (Å²) < 4.78 is 10.9. The van der Waals surface area contributed by atoms with Gasteiger partial charge in [-0.3, -0.25) is 9.59 Å². The van der Waals surface area contributed by atoms with Crippen LogP contribution in [0.15, 0.2) is 72.5 Å². The molecule has 0 radical (unpaired) electrons. The van der Waals surface area contributed by atoms with Crippen molar-refractivity contribution in [2.24, 2.45) is 0 Å². The van der Waals surface area contributed by atoms with Crippen molar-refractivity contribution < 1.29 is 19.1 Å². The molecule has 0 bridgehead atoms. The van der Waals surface area contributed by atoms with E-state index in [1.807, 2.05) is 30.3 Å². The maximum atomic E-state index is 12.6. The number of fused-ring (bicyclic) bond motifs is 1. The third kappa shape index (κ3) is 4.87. The molecule has 0 spiro atoms. The second kappa shape index (κ2) is 8.93. The smallest absolute Gasteiger partial charge is 0.291 e. The monoisotopic (exact) mass is 434 g/mol. The molecule has 7 heteroatoms. The van der Waals surface area contributed by atoms with Crippen LogP contribution in [-0.4, -0.2) is 18.9 Å². The zero-order valence-electron chi connectivity index (χ0n) is 16.6. The quantitative estimate of drug-likeness (QED) is 0.573. The van der Waals surface area contributed by atoms with Gasteiger partial charge in [-0.05, 0) is 59.7 Å². The number of benzene rings is 3. The minimum Gasteiger partial charge on any atom is -0.497 e. The molecule has 0 saturated carbocycles. The topological polar surface area (TPSA) is 76.7 Å².